The highest BCUT2D eigenvalue weighted by Gasteiger charge is 2.34. The fourth-order valence-electron chi connectivity index (χ4n) is 4.24. The number of hydrogen-bond donors (Lipinski definition) is 1. The van der Waals surface area contributed by atoms with E-state index in [9.17, 15) is 4.79 Å². The first-order chi connectivity index (χ1) is 13.0. The van der Waals surface area contributed by atoms with Crippen molar-refractivity contribution in [3.63, 3.8) is 0 Å². The third-order valence-electron chi connectivity index (χ3n) is 5.51. The highest BCUT2D eigenvalue weighted by atomic mass is 16.5. The summed E-state index contributed by atoms with van der Waals surface area (Å²) in [5, 5.41) is 8.02. The minimum Gasteiger partial charge on any atom is -0.369 e. The van der Waals surface area contributed by atoms with Crippen molar-refractivity contribution in [1.82, 2.24) is 19.7 Å². The number of nitrogens with one attached hydrogen (secondary N) is 1. The van der Waals surface area contributed by atoms with Crippen LogP contribution in [-0.2, 0) is 18.2 Å². The number of ether oxygens (including phenoxy) is 1. The van der Waals surface area contributed by atoms with Gasteiger partial charge in [0.2, 0.25) is 0 Å². The van der Waals surface area contributed by atoms with Gasteiger partial charge in [-0.3, -0.25) is 9.48 Å². The molecule has 0 unspecified atom stereocenters. The summed E-state index contributed by atoms with van der Waals surface area (Å²) in [6.45, 7) is 5.54. The highest BCUT2D eigenvalue weighted by Crippen LogP contribution is 2.32. The predicted octanol–water partition coefficient (Wildman–Crippen LogP) is 2.55. The topological polar surface area (TPSA) is 72.3 Å². The van der Waals surface area contributed by atoms with E-state index in [0.717, 1.165) is 49.4 Å². The molecule has 2 aromatic rings. The van der Waals surface area contributed by atoms with Gasteiger partial charge in [0.15, 0.2) is 5.69 Å². The molecular weight excluding hydrogens is 342 g/mol. The molecule has 7 nitrogen and oxygen atoms in total. The molecule has 144 valence electrons. The van der Waals surface area contributed by atoms with Crippen molar-refractivity contribution in [3.05, 3.63) is 41.3 Å². The smallest absolute Gasteiger partial charge is 0.274 e. The van der Waals surface area contributed by atoms with Crippen molar-refractivity contribution >= 4 is 11.7 Å². The van der Waals surface area contributed by atoms with Crippen LogP contribution in [0.2, 0.25) is 0 Å². The van der Waals surface area contributed by atoms with E-state index in [1.54, 1.807) is 6.20 Å². The van der Waals surface area contributed by atoms with E-state index < -0.39 is 0 Å². The zero-order valence-electron chi connectivity index (χ0n) is 16.2. The number of pyridine rings is 1. The Hall–Kier alpha value is -2.41. The lowest BCUT2D eigenvalue weighted by Crippen LogP contribution is -2.43. The number of carbonyl (C=O) groups is 1. The third kappa shape index (κ3) is 3.56. The lowest BCUT2D eigenvalue weighted by atomic mass is 9.98. The van der Waals surface area contributed by atoms with E-state index in [4.69, 9.17) is 4.74 Å². The Bertz CT molecular complexity index is 811. The Labute approximate surface area is 159 Å². The van der Waals surface area contributed by atoms with E-state index in [1.807, 2.05) is 41.8 Å². The van der Waals surface area contributed by atoms with Gasteiger partial charge in [0.25, 0.3) is 5.91 Å². The fraction of sp³-hybridized carbons (Fsp3) is 0.550. The molecular formula is C20H27N5O2. The van der Waals surface area contributed by atoms with Gasteiger partial charge < -0.3 is 15.0 Å². The number of nitrogens with zero attached hydrogens (tertiary/aromatic N) is 4. The zero-order valence-corrected chi connectivity index (χ0v) is 16.2. The molecule has 4 rings (SSSR count). The van der Waals surface area contributed by atoms with Gasteiger partial charge in [0, 0.05) is 44.4 Å². The lowest BCUT2D eigenvalue weighted by Gasteiger charge is -2.32. The molecule has 2 atom stereocenters. The van der Waals surface area contributed by atoms with Gasteiger partial charge in [0.05, 0.1) is 17.9 Å². The van der Waals surface area contributed by atoms with Gasteiger partial charge >= 0.3 is 0 Å². The second-order valence-corrected chi connectivity index (χ2v) is 7.55. The molecule has 7 heteroatoms. The normalized spacial score (nSPS) is 23.1. The van der Waals surface area contributed by atoms with Crippen LogP contribution in [0.3, 0.4) is 0 Å². The molecule has 27 heavy (non-hydrogen) atoms. The van der Waals surface area contributed by atoms with Crippen molar-refractivity contribution in [1.29, 1.82) is 0 Å². The number of piperidine rings is 1. The summed E-state index contributed by atoms with van der Waals surface area (Å²) in [4.78, 5) is 19.4. The number of fused-ring (bicyclic) bond motifs is 1. The third-order valence-corrected chi connectivity index (χ3v) is 5.51. The summed E-state index contributed by atoms with van der Waals surface area (Å²) in [5.74, 6) is 0.938. The number of carbonyl (C=O) groups excluding carboxylic acids is 1. The zero-order chi connectivity index (χ0) is 19.0. The standard InChI is InChI=1S/C20H27N5O2/c1-13-12-16-18(23-24(3)19(16)14(2)27-13)20(26)25-10-7-15(8-11-25)22-17-6-4-5-9-21-17/h4-6,9,13-15H,7-8,10-12H2,1-3H3,(H,21,22)/t13-,14+/m1/s1. The molecule has 2 aromatic heterocycles. The fourth-order valence-corrected chi connectivity index (χ4v) is 4.24. The first-order valence-electron chi connectivity index (χ1n) is 9.71. The van der Waals surface area contributed by atoms with Crippen LogP contribution in [0.1, 0.15) is 54.5 Å². The molecule has 2 aliphatic heterocycles. The van der Waals surface area contributed by atoms with E-state index in [2.05, 4.69) is 22.3 Å². The van der Waals surface area contributed by atoms with E-state index in [0.29, 0.717) is 11.7 Å². The first-order valence-corrected chi connectivity index (χ1v) is 9.71. The Morgan fingerprint density at radius 3 is 2.74 bits per heavy atom. The molecule has 1 saturated heterocycles. The Morgan fingerprint density at radius 2 is 2.04 bits per heavy atom. The number of aryl methyl sites for hydroxylation is 1. The molecule has 0 saturated carbocycles. The number of aromatic nitrogens is 3. The molecule has 4 heterocycles. The van der Waals surface area contributed by atoms with Crippen molar-refractivity contribution < 1.29 is 9.53 Å². The maximum atomic E-state index is 13.1. The number of hydrogen-bond acceptors (Lipinski definition) is 5. The molecule has 0 bridgehead atoms. The van der Waals surface area contributed by atoms with Gasteiger partial charge in [-0.15, -0.1) is 0 Å². The summed E-state index contributed by atoms with van der Waals surface area (Å²) in [6.07, 6.45) is 4.43. The van der Waals surface area contributed by atoms with Crippen LogP contribution < -0.4 is 5.32 Å². The van der Waals surface area contributed by atoms with E-state index >= 15 is 0 Å². The molecule has 1 amide bonds. The van der Waals surface area contributed by atoms with Gasteiger partial charge in [0.1, 0.15) is 5.82 Å². The van der Waals surface area contributed by atoms with Crippen LogP contribution in [0.5, 0.6) is 0 Å². The van der Waals surface area contributed by atoms with Crippen molar-refractivity contribution in [2.24, 2.45) is 7.05 Å². The van der Waals surface area contributed by atoms with Crippen LogP contribution in [0.15, 0.2) is 24.4 Å². The van der Waals surface area contributed by atoms with E-state index in [-0.39, 0.29) is 18.1 Å². The number of likely N-dealkylation sites (tertiary alicyclic amines) is 1. The van der Waals surface area contributed by atoms with Gasteiger partial charge in [-0.25, -0.2) is 4.98 Å². The molecule has 2 aliphatic rings. The molecule has 0 radical (unpaired) electrons. The summed E-state index contributed by atoms with van der Waals surface area (Å²) >= 11 is 0. The second kappa shape index (κ2) is 7.31. The lowest BCUT2D eigenvalue weighted by molar-refractivity contribution is -0.00907. The van der Waals surface area contributed by atoms with Gasteiger partial charge in [-0.05, 0) is 38.8 Å². The van der Waals surface area contributed by atoms with Gasteiger partial charge in [-0.2, -0.15) is 5.10 Å². The maximum Gasteiger partial charge on any atom is 0.274 e. The molecule has 0 aromatic carbocycles. The van der Waals surface area contributed by atoms with Crippen LogP contribution in [0.25, 0.3) is 0 Å². The Morgan fingerprint density at radius 1 is 1.26 bits per heavy atom. The Kier molecular flexibility index (Phi) is 4.86. The summed E-state index contributed by atoms with van der Waals surface area (Å²) in [5.41, 5.74) is 2.69. The number of amides is 1. The monoisotopic (exact) mass is 369 g/mol. The predicted molar refractivity (Wildman–Crippen MR) is 103 cm³/mol. The van der Waals surface area contributed by atoms with Crippen molar-refractivity contribution in [2.75, 3.05) is 18.4 Å². The summed E-state index contributed by atoms with van der Waals surface area (Å²) in [6, 6.07) is 6.20. The first kappa shape index (κ1) is 18.0. The molecule has 0 aliphatic carbocycles. The Balaban J connectivity index is 1.44. The second-order valence-electron chi connectivity index (χ2n) is 7.55. The largest absolute Gasteiger partial charge is 0.369 e. The molecule has 0 spiro atoms. The van der Waals surface area contributed by atoms with Crippen molar-refractivity contribution in [3.8, 4) is 0 Å². The van der Waals surface area contributed by atoms with E-state index in [1.165, 1.54) is 0 Å². The average molecular weight is 369 g/mol. The molecule has 1 N–H and O–H groups in total. The SMILES string of the molecule is C[C@@H]1Cc2c(C(=O)N3CCC(Nc4ccccn4)CC3)nn(C)c2[C@H](C)O1. The average Bonchev–Trinajstić information content (AvgIpc) is 2.99. The highest BCUT2D eigenvalue weighted by molar-refractivity contribution is 5.94. The number of anilines is 1. The van der Waals surface area contributed by atoms with Crippen molar-refractivity contribution in [2.45, 2.75) is 51.4 Å². The van der Waals surface area contributed by atoms with Crippen LogP contribution in [0, 0.1) is 0 Å². The molecule has 1 fully saturated rings. The summed E-state index contributed by atoms with van der Waals surface area (Å²) < 4.78 is 7.72. The number of rotatable bonds is 3. The quantitative estimate of drug-likeness (QED) is 0.900. The van der Waals surface area contributed by atoms with Crippen LogP contribution in [-0.4, -0.2) is 50.8 Å². The minimum absolute atomic E-state index is 0.0314. The summed E-state index contributed by atoms with van der Waals surface area (Å²) in [7, 11) is 1.90. The van der Waals surface area contributed by atoms with Crippen LogP contribution >= 0.6 is 0 Å². The van der Waals surface area contributed by atoms with Crippen LogP contribution in [0.4, 0.5) is 5.82 Å². The minimum atomic E-state index is -0.0314. The maximum absolute atomic E-state index is 13.1. The van der Waals surface area contributed by atoms with Gasteiger partial charge in [-0.1, -0.05) is 6.07 Å².